The van der Waals surface area contributed by atoms with Crippen LogP contribution in [0.3, 0.4) is 0 Å². The first-order valence-corrected chi connectivity index (χ1v) is 16.3. The van der Waals surface area contributed by atoms with Crippen molar-refractivity contribution in [2.45, 2.75) is 39.0 Å². The zero-order valence-corrected chi connectivity index (χ0v) is 27.3. The fourth-order valence-electron chi connectivity index (χ4n) is 6.28. The van der Waals surface area contributed by atoms with E-state index in [4.69, 9.17) is 23.7 Å². The van der Waals surface area contributed by atoms with Crippen LogP contribution in [0.4, 0.5) is 4.79 Å². The number of rotatable bonds is 8. The summed E-state index contributed by atoms with van der Waals surface area (Å²) in [5.41, 5.74) is 1.42. The number of methoxy groups -OCH3 is 1. The molecule has 0 radical (unpaired) electrons. The number of urea groups is 1. The van der Waals surface area contributed by atoms with Crippen molar-refractivity contribution in [2.75, 3.05) is 85.9 Å². The van der Waals surface area contributed by atoms with E-state index in [-0.39, 0.29) is 42.6 Å². The zero-order chi connectivity index (χ0) is 32.4. The van der Waals surface area contributed by atoms with Gasteiger partial charge in [-0.3, -0.25) is 9.69 Å². The van der Waals surface area contributed by atoms with E-state index in [0.29, 0.717) is 49.2 Å². The second-order valence-corrected chi connectivity index (χ2v) is 13.0. The molecule has 3 aliphatic heterocycles. The molecule has 0 aliphatic carbocycles. The Morgan fingerprint density at radius 3 is 2.57 bits per heavy atom. The van der Waals surface area contributed by atoms with Crippen molar-refractivity contribution in [3.05, 3.63) is 53.6 Å². The van der Waals surface area contributed by atoms with E-state index in [9.17, 15) is 9.59 Å². The van der Waals surface area contributed by atoms with Crippen LogP contribution in [-0.4, -0.2) is 120 Å². The first-order valence-electron chi connectivity index (χ1n) is 16.3. The first-order chi connectivity index (χ1) is 22.3. The molecule has 3 heterocycles. The van der Waals surface area contributed by atoms with Gasteiger partial charge in [-0.05, 0) is 41.7 Å². The molecule has 3 amide bonds. The van der Waals surface area contributed by atoms with Crippen LogP contribution in [0.1, 0.15) is 36.2 Å². The number of carbonyl (C=O) groups excluding carboxylic acids is 2. The molecular weight excluding hydrogens is 590 g/mol. The van der Waals surface area contributed by atoms with Gasteiger partial charge < -0.3 is 44.5 Å². The Balaban J connectivity index is 1.30. The highest BCUT2D eigenvalue weighted by Gasteiger charge is 2.34. The number of fused-ring (bicyclic) bond motifs is 5. The lowest BCUT2D eigenvalue weighted by molar-refractivity contribution is -0.0403. The maximum atomic E-state index is 13.0. The number of nitrogens with one attached hydrogen (secondary N) is 3. The summed E-state index contributed by atoms with van der Waals surface area (Å²) in [5.74, 6) is 1.29. The molecule has 46 heavy (non-hydrogen) atoms. The summed E-state index contributed by atoms with van der Waals surface area (Å²) >= 11 is 0. The Morgan fingerprint density at radius 1 is 0.935 bits per heavy atom. The molecule has 2 aromatic rings. The molecule has 0 saturated carbocycles. The minimum atomic E-state index is -0.295. The van der Waals surface area contributed by atoms with E-state index in [0.717, 1.165) is 57.9 Å². The third kappa shape index (κ3) is 10.3. The Labute approximate surface area is 272 Å². The van der Waals surface area contributed by atoms with Gasteiger partial charge in [-0.2, -0.15) is 0 Å². The summed E-state index contributed by atoms with van der Waals surface area (Å²) in [5, 5.41) is 8.89. The number of likely N-dealkylation sites (tertiary alicyclic amines) is 1. The zero-order valence-electron chi connectivity index (χ0n) is 27.3. The van der Waals surface area contributed by atoms with Gasteiger partial charge >= 0.3 is 6.03 Å². The quantitative estimate of drug-likeness (QED) is 0.375. The van der Waals surface area contributed by atoms with E-state index in [1.165, 1.54) is 0 Å². The largest absolute Gasteiger partial charge is 0.491 e. The molecule has 2 saturated heterocycles. The third-order valence-corrected chi connectivity index (χ3v) is 8.36. The molecule has 4 bridgehead atoms. The van der Waals surface area contributed by atoms with Gasteiger partial charge in [0.15, 0.2) is 0 Å². The van der Waals surface area contributed by atoms with Crippen LogP contribution in [0.15, 0.2) is 42.5 Å². The number of hydrogen-bond donors (Lipinski definition) is 3. The fraction of sp³-hybridized carbons (Fsp3) is 0.588. The van der Waals surface area contributed by atoms with Crippen LogP contribution in [0.5, 0.6) is 17.2 Å². The first kappa shape index (κ1) is 33.9. The Morgan fingerprint density at radius 2 is 1.74 bits per heavy atom. The molecule has 3 aliphatic rings. The molecule has 3 N–H and O–H groups in total. The average molecular weight is 640 g/mol. The van der Waals surface area contributed by atoms with Crippen LogP contribution < -0.4 is 25.4 Å². The number of amides is 3. The molecule has 0 spiro atoms. The predicted molar refractivity (Wildman–Crippen MR) is 174 cm³/mol. The number of hydrogen-bond acceptors (Lipinski definition) is 9. The molecular formula is C34H49N5O7. The van der Waals surface area contributed by atoms with Crippen LogP contribution in [0.2, 0.25) is 0 Å². The van der Waals surface area contributed by atoms with Crippen molar-refractivity contribution in [3.63, 3.8) is 0 Å². The summed E-state index contributed by atoms with van der Waals surface area (Å²) in [7, 11) is 1.60. The van der Waals surface area contributed by atoms with Gasteiger partial charge in [0, 0.05) is 71.1 Å². The van der Waals surface area contributed by atoms with E-state index >= 15 is 0 Å². The molecule has 2 aromatic carbocycles. The molecule has 0 unspecified atom stereocenters. The minimum Gasteiger partial charge on any atom is -0.491 e. The number of ether oxygens (including phenoxy) is 5. The van der Waals surface area contributed by atoms with Crippen molar-refractivity contribution in [1.82, 2.24) is 25.8 Å². The predicted octanol–water partition coefficient (Wildman–Crippen LogP) is 2.86. The van der Waals surface area contributed by atoms with Crippen LogP contribution in [-0.2, 0) is 20.8 Å². The highest BCUT2D eigenvalue weighted by molar-refractivity contribution is 5.95. The highest BCUT2D eigenvalue weighted by Crippen LogP contribution is 2.29. The van der Waals surface area contributed by atoms with E-state index < -0.39 is 0 Å². The number of benzene rings is 2. The van der Waals surface area contributed by atoms with Gasteiger partial charge in [-0.1, -0.05) is 26.0 Å². The van der Waals surface area contributed by atoms with Crippen molar-refractivity contribution in [1.29, 1.82) is 0 Å². The SMILES string of the molecule is COCCOc1cc2cc(c1)C(=O)NCCNC(=O)N[C@H]1CCN(CC(C)(C)CN3CCOCC3)C[C@@H]1OCc1cccc(c1)O2. The summed E-state index contributed by atoms with van der Waals surface area (Å²) < 4.78 is 29.2. The number of nitrogens with zero attached hydrogens (tertiary/aromatic N) is 2. The standard InChI is InChI=1S/C34H49N5O7/c1-34(2,23-38-11-13-43-14-12-38)24-39-10-7-30-31(21-39)45-22-25-5-4-6-27(17-25)46-29-19-26(18-28(20-29)44-16-15-42-3)32(40)35-8-9-36-33(41)37-30/h4-6,17-20,30-31H,7-16,21-24H2,1-3H3,(H,35,40)(H2,36,37,41)/t30-,31-/m0/s1. The third-order valence-electron chi connectivity index (χ3n) is 8.36. The lowest BCUT2D eigenvalue weighted by atomic mass is 9.90. The smallest absolute Gasteiger partial charge is 0.315 e. The number of morpholine rings is 1. The van der Waals surface area contributed by atoms with Gasteiger partial charge in [-0.15, -0.1) is 0 Å². The Kier molecular flexibility index (Phi) is 12.1. The van der Waals surface area contributed by atoms with Crippen LogP contribution >= 0.6 is 0 Å². The monoisotopic (exact) mass is 639 g/mol. The van der Waals surface area contributed by atoms with E-state index in [1.54, 1.807) is 25.3 Å². The summed E-state index contributed by atoms with van der Waals surface area (Å²) in [6.07, 6.45) is 0.569. The van der Waals surface area contributed by atoms with E-state index in [2.05, 4.69) is 39.6 Å². The van der Waals surface area contributed by atoms with Gasteiger partial charge in [0.2, 0.25) is 0 Å². The van der Waals surface area contributed by atoms with Crippen LogP contribution in [0, 0.1) is 5.41 Å². The Hall–Kier alpha value is -3.42. The number of piperidine rings is 1. The fourth-order valence-corrected chi connectivity index (χ4v) is 6.28. The van der Waals surface area contributed by atoms with Gasteiger partial charge in [0.05, 0.1) is 38.6 Å². The second kappa shape index (κ2) is 16.4. The lowest BCUT2D eigenvalue weighted by Gasteiger charge is -2.43. The van der Waals surface area contributed by atoms with Crippen molar-refractivity contribution < 1.29 is 33.3 Å². The summed E-state index contributed by atoms with van der Waals surface area (Å²) in [6, 6.07) is 12.4. The van der Waals surface area contributed by atoms with Gasteiger partial charge in [0.1, 0.15) is 23.9 Å². The van der Waals surface area contributed by atoms with Crippen molar-refractivity contribution in [2.24, 2.45) is 5.41 Å². The maximum absolute atomic E-state index is 13.0. The average Bonchev–Trinajstić information content (AvgIpc) is 3.03. The van der Waals surface area contributed by atoms with Gasteiger partial charge in [-0.25, -0.2) is 4.79 Å². The summed E-state index contributed by atoms with van der Waals surface area (Å²) in [6.45, 7) is 13.3. The molecule has 12 heteroatoms. The Bertz CT molecular complexity index is 1300. The molecule has 0 aromatic heterocycles. The normalized spacial score (nSPS) is 22.2. The second-order valence-electron chi connectivity index (χ2n) is 13.0. The van der Waals surface area contributed by atoms with Crippen molar-refractivity contribution >= 4 is 11.9 Å². The topological polar surface area (TPSA) is 123 Å². The molecule has 252 valence electrons. The molecule has 12 nitrogen and oxygen atoms in total. The minimum absolute atomic E-state index is 0.0899. The highest BCUT2D eigenvalue weighted by atomic mass is 16.5. The van der Waals surface area contributed by atoms with Gasteiger partial charge in [0.25, 0.3) is 5.91 Å². The maximum Gasteiger partial charge on any atom is 0.315 e. The molecule has 5 rings (SSSR count). The van der Waals surface area contributed by atoms with E-state index in [1.807, 2.05) is 24.3 Å². The van der Waals surface area contributed by atoms with Crippen LogP contribution in [0.25, 0.3) is 0 Å². The lowest BCUT2D eigenvalue weighted by Crippen LogP contribution is -2.58. The van der Waals surface area contributed by atoms with Crippen molar-refractivity contribution in [3.8, 4) is 17.2 Å². The molecule has 2 fully saturated rings. The number of carbonyl (C=O) groups is 2. The summed E-state index contributed by atoms with van der Waals surface area (Å²) in [4.78, 5) is 30.9. The molecule has 2 atom stereocenters.